The molecule has 1 amide bonds. The summed E-state index contributed by atoms with van der Waals surface area (Å²) in [5.41, 5.74) is 0.278. The van der Waals surface area contributed by atoms with E-state index in [4.69, 9.17) is 11.6 Å². The van der Waals surface area contributed by atoms with E-state index in [0.717, 1.165) is 12.8 Å². The number of carbonyl (C=O) groups excluding carboxylic acids is 1. The van der Waals surface area contributed by atoms with Crippen molar-refractivity contribution in [1.29, 1.82) is 0 Å². The van der Waals surface area contributed by atoms with Gasteiger partial charge in [-0.1, -0.05) is 0 Å². The predicted molar refractivity (Wildman–Crippen MR) is 68.9 cm³/mol. The Morgan fingerprint density at radius 3 is 2.78 bits per heavy atom. The normalized spacial score (nSPS) is 12.2. The number of aromatic nitrogens is 1. The van der Waals surface area contributed by atoms with Crippen LogP contribution in [0.2, 0.25) is 0 Å². The number of nitrogens with zero attached hydrogens (tertiary/aromatic N) is 2. The van der Waals surface area contributed by atoms with Crippen molar-refractivity contribution in [1.82, 2.24) is 9.88 Å². The number of hydrogen-bond acceptors (Lipinski definition) is 3. The molecule has 1 aromatic rings. The first-order valence-electron chi connectivity index (χ1n) is 5.66. The summed E-state index contributed by atoms with van der Waals surface area (Å²) < 4.78 is 1.26. The molecule has 1 unspecified atom stereocenters. The number of rotatable bonds is 6. The summed E-state index contributed by atoms with van der Waals surface area (Å²) in [5, 5.41) is 13.4. The number of nitrogens with one attached hydrogen (secondary N) is 1. The highest BCUT2D eigenvalue weighted by atomic mass is 35.5. The van der Waals surface area contributed by atoms with Crippen molar-refractivity contribution in [3.8, 4) is 0 Å². The fourth-order valence-electron chi connectivity index (χ4n) is 1.59. The Morgan fingerprint density at radius 1 is 1.61 bits per heavy atom. The Kier molecular flexibility index (Phi) is 5.15. The molecule has 18 heavy (non-hydrogen) atoms. The number of hydrogen-bond donors (Lipinski definition) is 1. The molecule has 1 aromatic heterocycles. The Balaban J connectivity index is 2.54. The Hall–Kier alpha value is -1.56. The van der Waals surface area contributed by atoms with Gasteiger partial charge in [-0.15, -0.1) is 11.6 Å². The van der Waals surface area contributed by atoms with Gasteiger partial charge < -0.3 is 15.4 Å². The molecular weight excluding hydrogens is 258 g/mol. The van der Waals surface area contributed by atoms with Crippen LogP contribution in [0.5, 0.6) is 0 Å². The van der Waals surface area contributed by atoms with Crippen molar-refractivity contribution in [2.75, 3.05) is 6.54 Å². The summed E-state index contributed by atoms with van der Waals surface area (Å²) in [6.45, 7) is 2.40. The van der Waals surface area contributed by atoms with Crippen LogP contribution in [0.1, 0.15) is 30.3 Å². The minimum atomic E-state index is -0.522. The summed E-state index contributed by atoms with van der Waals surface area (Å²) >= 11 is 5.78. The van der Waals surface area contributed by atoms with Gasteiger partial charge in [0.1, 0.15) is 0 Å². The third-order valence-electron chi connectivity index (χ3n) is 2.58. The molecule has 0 saturated heterocycles. The van der Waals surface area contributed by atoms with Crippen LogP contribution in [0.15, 0.2) is 12.1 Å². The quantitative estimate of drug-likeness (QED) is 0.373. The third kappa shape index (κ3) is 3.73. The molecule has 0 aliphatic heterocycles. The highest BCUT2D eigenvalue weighted by molar-refractivity contribution is 6.20. The lowest BCUT2D eigenvalue weighted by molar-refractivity contribution is -0.391. The van der Waals surface area contributed by atoms with Gasteiger partial charge in [0.2, 0.25) is 0 Å². The van der Waals surface area contributed by atoms with E-state index >= 15 is 0 Å². The van der Waals surface area contributed by atoms with Gasteiger partial charge in [-0.25, -0.2) is 4.57 Å². The average molecular weight is 274 g/mol. The van der Waals surface area contributed by atoms with Gasteiger partial charge in [0.25, 0.3) is 5.91 Å². The van der Waals surface area contributed by atoms with Crippen LogP contribution in [-0.2, 0) is 7.05 Å². The fraction of sp³-hybridized carbons (Fsp3) is 0.545. The van der Waals surface area contributed by atoms with Crippen molar-refractivity contribution >= 4 is 23.3 Å². The number of nitro groups is 1. The fourth-order valence-corrected chi connectivity index (χ4v) is 1.74. The van der Waals surface area contributed by atoms with Gasteiger partial charge in [0, 0.05) is 18.0 Å². The zero-order chi connectivity index (χ0) is 13.7. The zero-order valence-corrected chi connectivity index (χ0v) is 11.1. The van der Waals surface area contributed by atoms with Crippen LogP contribution in [0.3, 0.4) is 0 Å². The lowest BCUT2D eigenvalue weighted by atomic mass is 10.2. The zero-order valence-electron chi connectivity index (χ0n) is 10.4. The van der Waals surface area contributed by atoms with E-state index in [1.54, 1.807) is 0 Å². The summed E-state index contributed by atoms with van der Waals surface area (Å²) in [4.78, 5) is 21.9. The van der Waals surface area contributed by atoms with E-state index in [1.807, 2.05) is 6.92 Å². The van der Waals surface area contributed by atoms with E-state index in [1.165, 1.54) is 23.7 Å². The monoisotopic (exact) mass is 273 g/mol. The molecule has 7 heteroatoms. The minimum Gasteiger partial charge on any atom is -0.358 e. The van der Waals surface area contributed by atoms with Crippen LogP contribution in [0.25, 0.3) is 0 Å². The lowest BCUT2D eigenvalue weighted by Gasteiger charge is -2.05. The SMILES string of the molecule is CC(Cl)CCCNC(=O)c1ccc([N+](=O)[O-])n1C. The number of alkyl halides is 1. The minimum absolute atomic E-state index is 0.0815. The Bertz CT molecular complexity index is 443. The molecule has 6 nitrogen and oxygen atoms in total. The van der Waals surface area contributed by atoms with Crippen LogP contribution in [0, 0.1) is 10.1 Å². The van der Waals surface area contributed by atoms with Crippen LogP contribution in [-0.4, -0.2) is 27.3 Å². The molecule has 0 aromatic carbocycles. The molecule has 0 bridgehead atoms. The van der Waals surface area contributed by atoms with Crippen molar-refractivity contribution in [3.05, 3.63) is 27.9 Å². The highest BCUT2D eigenvalue weighted by Crippen LogP contribution is 2.14. The van der Waals surface area contributed by atoms with Crippen molar-refractivity contribution in [2.45, 2.75) is 25.1 Å². The smallest absolute Gasteiger partial charge is 0.323 e. The van der Waals surface area contributed by atoms with Gasteiger partial charge in [-0.2, -0.15) is 0 Å². The second kappa shape index (κ2) is 6.39. The molecule has 1 rings (SSSR count). The van der Waals surface area contributed by atoms with E-state index in [-0.39, 0.29) is 22.8 Å². The van der Waals surface area contributed by atoms with Gasteiger partial charge in [0.15, 0.2) is 5.69 Å². The van der Waals surface area contributed by atoms with Crippen LogP contribution >= 0.6 is 11.6 Å². The van der Waals surface area contributed by atoms with Crippen molar-refractivity contribution in [3.63, 3.8) is 0 Å². The summed E-state index contributed by atoms with van der Waals surface area (Å²) in [5.74, 6) is -0.414. The molecular formula is C11H16ClN3O3. The van der Waals surface area contributed by atoms with E-state index in [9.17, 15) is 14.9 Å². The maximum Gasteiger partial charge on any atom is 0.323 e. The van der Waals surface area contributed by atoms with Gasteiger partial charge in [0.05, 0.1) is 7.05 Å². The van der Waals surface area contributed by atoms with E-state index < -0.39 is 4.92 Å². The molecule has 1 atom stereocenters. The van der Waals surface area contributed by atoms with E-state index in [0.29, 0.717) is 6.54 Å². The first-order chi connectivity index (χ1) is 8.43. The maximum absolute atomic E-state index is 11.8. The van der Waals surface area contributed by atoms with Crippen molar-refractivity contribution in [2.24, 2.45) is 7.05 Å². The largest absolute Gasteiger partial charge is 0.358 e. The van der Waals surface area contributed by atoms with Gasteiger partial charge in [-0.05, 0) is 30.8 Å². The summed E-state index contributed by atoms with van der Waals surface area (Å²) in [6.07, 6.45) is 1.60. The molecule has 100 valence electrons. The molecule has 1 N–H and O–H groups in total. The Labute approximate surface area is 110 Å². The number of halogens is 1. The second-order valence-corrected chi connectivity index (χ2v) is 4.82. The number of amides is 1. The highest BCUT2D eigenvalue weighted by Gasteiger charge is 2.19. The standard InChI is InChI=1S/C11H16ClN3O3/c1-8(12)4-3-7-13-11(16)9-5-6-10(14(9)2)15(17)18/h5-6,8H,3-4,7H2,1-2H3,(H,13,16). The molecule has 0 aliphatic carbocycles. The first-order valence-corrected chi connectivity index (χ1v) is 6.09. The number of carbonyl (C=O) groups is 1. The third-order valence-corrected chi connectivity index (χ3v) is 2.80. The Morgan fingerprint density at radius 2 is 2.28 bits per heavy atom. The topological polar surface area (TPSA) is 77.2 Å². The maximum atomic E-state index is 11.8. The second-order valence-electron chi connectivity index (χ2n) is 4.07. The molecule has 0 fully saturated rings. The molecule has 1 heterocycles. The first kappa shape index (κ1) is 14.5. The van der Waals surface area contributed by atoms with Gasteiger partial charge >= 0.3 is 5.82 Å². The van der Waals surface area contributed by atoms with E-state index in [2.05, 4.69) is 5.32 Å². The molecule has 0 spiro atoms. The van der Waals surface area contributed by atoms with Crippen LogP contribution in [0.4, 0.5) is 5.82 Å². The molecule has 0 aliphatic rings. The average Bonchev–Trinajstić information content (AvgIpc) is 2.66. The molecule has 0 saturated carbocycles. The van der Waals surface area contributed by atoms with Crippen LogP contribution < -0.4 is 5.32 Å². The summed E-state index contributed by atoms with van der Waals surface area (Å²) in [6, 6.07) is 2.76. The lowest BCUT2D eigenvalue weighted by Crippen LogP contribution is -2.26. The summed E-state index contributed by atoms with van der Waals surface area (Å²) in [7, 11) is 1.49. The van der Waals surface area contributed by atoms with Crippen molar-refractivity contribution < 1.29 is 9.72 Å². The molecule has 0 radical (unpaired) electrons. The predicted octanol–water partition coefficient (Wildman–Crippen LogP) is 2.07. The van der Waals surface area contributed by atoms with Gasteiger partial charge in [-0.3, -0.25) is 4.79 Å².